The van der Waals surface area contributed by atoms with Crippen molar-refractivity contribution >= 4 is 17.3 Å². The van der Waals surface area contributed by atoms with Gasteiger partial charge in [-0.1, -0.05) is 6.07 Å². The topological polar surface area (TPSA) is 37.3 Å². The second kappa shape index (κ2) is 4.06. The van der Waals surface area contributed by atoms with Crippen molar-refractivity contribution in [1.82, 2.24) is 0 Å². The molecule has 0 atom stereocenters. The molecule has 1 aromatic carbocycles. The van der Waals surface area contributed by atoms with E-state index in [9.17, 15) is 9.18 Å². The van der Waals surface area contributed by atoms with Crippen LogP contribution in [-0.4, -0.2) is 11.1 Å². The number of thiophene rings is 1. The Kier molecular flexibility index (Phi) is 2.75. The molecule has 82 valence electrons. The highest BCUT2D eigenvalue weighted by Crippen LogP contribution is 2.28. The lowest BCUT2D eigenvalue weighted by Crippen LogP contribution is -1.99. The average Bonchev–Trinajstić information content (AvgIpc) is 2.64. The molecule has 4 heteroatoms. The van der Waals surface area contributed by atoms with Gasteiger partial charge in [0.15, 0.2) is 0 Å². The SMILES string of the molecule is Cc1cc(-c2ccc(F)cc2C(=O)O)cs1. The van der Waals surface area contributed by atoms with Gasteiger partial charge in [0.05, 0.1) is 5.56 Å². The van der Waals surface area contributed by atoms with Crippen LogP contribution >= 0.6 is 11.3 Å². The van der Waals surface area contributed by atoms with Crippen molar-refractivity contribution < 1.29 is 14.3 Å². The molecule has 0 fully saturated rings. The number of benzene rings is 1. The Morgan fingerprint density at radius 2 is 2.12 bits per heavy atom. The van der Waals surface area contributed by atoms with Crippen LogP contribution in [0.25, 0.3) is 11.1 Å². The van der Waals surface area contributed by atoms with Crippen molar-refractivity contribution in [3.05, 3.63) is 45.9 Å². The van der Waals surface area contributed by atoms with E-state index in [0.29, 0.717) is 5.56 Å². The minimum absolute atomic E-state index is 0.00204. The number of hydrogen-bond donors (Lipinski definition) is 1. The van der Waals surface area contributed by atoms with Gasteiger partial charge in [-0.05, 0) is 41.6 Å². The first-order chi connectivity index (χ1) is 7.58. The number of aryl methyl sites for hydroxylation is 1. The third-order valence-electron chi connectivity index (χ3n) is 2.25. The summed E-state index contributed by atoms with van der Waals surface area (Å²) in [7, 11) is 0. The summed E-state index contributed by atoms with van der Waals surface area (Å²) in [4.78, 5) is 12.1. The molecule has 0 saturated heterocycles. The standard InChI is InChI=1S/C12H9FO2S/c1-7-4-8(6-16-7)10-3-2-9(13)5-11(10)12(14)15/h2-6H,1H3,(H,14,15). The van der Waals surface area contributed by atoms with Crippen molar-refractivity contribution in [3.63, 3.8) is 0 Å². The highest BCUT2D eigenvalue weighted by atomic mass is 32.1. The van der Waals surface area contributed by atoms with Gasteiger partial charge in [-0.15, -0.1) is 11.3 Å². The number of carboxylic acid groups (broad SMARTS) is 1. The summed E-state index contributed by atoms with van der Waals surface area (Å²) in [5, 5.41) is 10.9. The minimum atomic E-state index is -1.11. The van der Waals surface area contributed by atoms with Gasteiger partial charge in [-0.25, -0.2) is 9.18 Å². The van der Waals surface area contributed by atoms with Crippen molar-refractivity contribution in [3.8, 4) is 11.1 Å². The summed E-state index contributed by atoms with van der Waals surface area (Å²) in [6, 6.07) is 5.71. The van der Waals surface area contributed by atoms with E-state index in [1.807, 2.05) is 18.4 Å². The van der Waals surface area contributed by atoms with Crippen LogP contribution in [0.5, 0.6) is 0 Å². The molecule has 0 bridgehead atoms. The Bertz CT molecular complexity index is 546. The van der Waals surface area contributed by atoms with Gasteiger partial charge in [-0.2, -0.15) is 0 Å². The molecule has 2 rings (SSSR count). The molecule has 0 aliphatic rings. The van der Waals surface area contributed by atoms with E-state index in [0.717, 1.165) is 16.5 Å². The molecule has 0 spiro atoms. The van der Waals surface area contributed by atoms with E-state index in [4.69, 9.17) is 5.11 Å². The molecule has 1 heterocycles. The predicted octanol–water partition coefficient (Wildman–Crippen LogP) is 3.56. The van der Waals surface area contributed by atoms with Gasteiger partial charge in [0.1, 0.15) is 5.82 Å². The van der Waals surface area contributed by atoms with Crippen LogP contribution in [0.3, 0.4) is 0 Å². The smallest absolute Gasteiger partial charge is 0.336 e. The maximum Gasteiger partial charge on any atom is 0.336 e. The highest BCUT2D eigenvalue weighted by molar-refractivity contribution is 7.10. The minimum Gasteiger partial charge on any atom is -0.478 e. The monoisotopic (exact) mass is 236 g/mol. The Morgan fingerprint density at radius 3 is 2.69 bits per heavy atom. The second-order valence-corrected chi connectivity index (χ2v) is 4.56. The molecule has 0 aliphatic heterocycles. The van der Waals surface area contributed by atoms with Crippen LogP contribution in [0, 0.1) is 12.7 Å². The van der Waals surface area contributed by atoms with E-state index in [1.165, 1.54) is 23.5 Å². The quantitative estimate of drug-likeness (QED) is 0.865. The van der Waals surface area contributed by atoms with E-state index < -0.39 is 11.8 Å². The summed E-state index contributed by atoms with van der Waals surface area (Å²) >= 11 is 1.54. The van der Waals surface area contributed by atoms with Gasteiger partial charge >= 0.3 is 5.97 Å². The van der Waals surface area contributed by atoms with Crippen LogP contribution in [0.15, 0.2) is 29.6 Å². The Hall–Kier alpha value is -1.68. The largest absolute Gasteiger partial charge is 0.478 e. The number of carbonyl (C=O) groups is 1. The van der Waals surface area contributed by atoms with Crippen LogP contribution in [0.1, 0.15) is 15.2 Å². The highest BCUT2D eigenvalue weighted by Gasteiger charge is 2.13. The number of aromatic carboxylic acids is 1. The molecule has 16 heavy (non-hydrogen) atoms. The molecule has 0 saturated carbocycles. The van der Waals surface area contributed by atoms with Gasteiger partial charge in [-0.3, -0.25) is 0 Å². The summed E-state index contributed by atoms with van der Waals surface area (Å²) in [6.45, 7) is 1.94. The van der Waals surface area contributed by atoms with Crippen molar-refractivity contribution in [2.75, 3.05) is 0 Å². The third kappa shape index (κ3) is 1.97. The fraction of sp³-hybridized carbons (Fsp3) is 0.0833. The van der Waals surface area contributed by atoms with E-state index in [1.54, 1.807) is 0 Å². The molecule has 1 N–H and O–H groups in total. The Labute approximate surface area is 96.0 Å². The molecule has 0 unspecified atom stereocenters. The Balaban J connectivity index is 2.60. The molecule has 0 radical (unpaired) electrons. The lowest BCUT2D eigenvalue weighted by atomic mass is 10.0. The molecule has 2 aromatic rings. The second-order valence-electron chi connectivity index (χ2n) is 3.44. The van der Waals surface area contributed by atoms with E-state index in [-0.39, 0.29) is 5.56 Å². The lowest BCUT2D eigenvalue weighted by Gasteiger charge is -2.03. The number of rotatable bonds is 2. The molecular formula is C12H9FO2S. The normalized spacial score (nSPS) is 10.4. The van der Waals surface area contributed by atoms with Gasteiger partial charge in [0.25, 0.3) is 0 Å². The van der Waals surface area contributed by atoms with Gasteiger partial charge in [0, 0.05) is 4.88 Å². The van der Waals surface area contributed by atoms with Crippen LogP contribution in [-0.2, 0) is 0 Å². The zero-order valence-corrected chi connectivity index (χ0v) is 9.34. The molecule has 1 aromatic heterocycles. The van der Waals surface area contributed by atoms with Crippen LogP contribution in [0.2, 0.25) is 0 Å². The zero-order valence-electron chi connectivity index (χ0n) is 8.53. The average molecular weight is 236 g/mol. The molecular weight excluding hydrogens is 227 g/mol. The van der Waals surface area contributed by atoms with E-state index >= 15 is 0 Å². The molecule has 0 amide bonds. The first-order valence-corrected chi connectivity index (χ1v) is 5.54. The predicted molar refractivity (Wildman–Crippen MR) is 61.4 cm³/mol. The fourth-order valence-corrected chi connectivity index (χ4v) is 2.23. The Morgan fingerprint density at radius 1 is 1.38 bits per heavy atom. The fourth-order valence-electron chi connectivity index (χ4n) is 1.53. The number of carboxylic acids is 1. The van der Waals surface area contributed by atoms with Gasteiger partial charge < -0.3 is 5.11 Å². The first-order valence-electron chi connectivity index (χ1n) is 4.66. The first kappa shape index (κ1) is 10.8. The molecule has 2 nitrogen and oxygen atoms in total. The summed E-state index contributed by atoms with van der Waals surface area (Å²) < 4.78 is 13.0. The number of hydrogen-bond acceptors (Lipinski definition) is 2. The number of halogens is 1. The summed E-state index contributed by atoms with van der Waals surface area (Å²) in [5.41, 5.74) is 1.37. The maximum absolute atomic E-state index is 13.0. The van der Waals surface area contributed by atoms with Crippen molar-refractivity contribution in [1.29, 1.82) is 0 Å². The van der Waals surface area contributed by atoms with Crippen LogP contribution < -0.4 is 0 Å². The van der Waals surface area contributed by atoms with Crippen LogP contribution in [0.4, 0.5) is 4.39 Å². The summed E-state index contributed by atoms with van der Waals surface area (Å²) in [5.74, 6) is -1.65. The molecule has 0 aliphatic carbocycles. The summed E-state index contributed by atoms with van der Waals surface area (Å²) in [6.07, 6.45) is 0. The third-order valence-corrected chi connectivity index (χ3v) is 3.11. The van der Waals surface area contributed by atoms with Gasteiger partial charge in [0.2, 0.25) is 0 Å². The van der Waals surface area contributed by atoms with Crippen molar-refractivity contribution in [2.45, 2.75) is 6.92 Å². The van der Waals surface area contributed by atoms with Crippen molar-refractivity contribution in [2.24, 2.45) is 0 Å². The zero-order chi connectivity index (χ0) is 11.7. The maximum atomic E-state index is 13.0. The van der Waals surface area contributed by atoms with E-state index in [2.05, 4.69) is 0 Å². The lowest BCUT2D eigenvalue weighted by molar-refractivity contribution is 0.0697.